The first-order valence-corrected chi connectivity index (χ1v) is 8.21. The highest BCUT2D eigenvalue weighted by Crippen LogP contribution is 2.38. The molecule has 1 aromatic carbocycles. The quantitative estimate of drug-likeness (QED) is 0.804. The Kier molecular flexibility index (Phi) is 3.46. The summed E-state index contributed by atoms with van der Waals surface area (Å²) in [5.41, 5.74) is 0. The minimum atomic E-state index is -2.07. The van der Waals surface area contributed by atoms with Crippen LogP contribution in [0.2, 0.25) is 0 Å². The number of hydrogen-bond acceptors (Lipinski definition) is 4. The first-order chi connectivity index (χ1) is 7.66. The van der Waals surface area contributed by atoms with E-state index in [4.69, 9.17) is 16.3 Å². The van der Waals surface area contributed by atoms with Gasteiger partial charge in [0.15, 0.2) is 5.96 Å². The maximum atomic E-state index is 5.76. The largest absolute Gasteiger partial charge is 0.449 e. The van der Waals surface area contributed by atoms with Crippen LogP contribution in [-0.4, -0.2) is 25.7 Å². The van der Waals surface area contributed by atoms with Crippen LogP contribution in [0.1, 0.15) is 0 Å². The van der Waals surface area contributed by atoms with Gasteiger partial charge < -0.3 is 9.84 Å². The minimum Gasteiger partial charge on any atom is -0.449 e. The molecule has 1 unspecified atom stereocenters. The second-order valence-electron chi connectivity index (χ2n) is 3.52. The van der Waals surface area contributed by atoms with Gasteiger partial charge in [-0.05, 0) is 23.9 Å². The first-order valence-electron chi connectivity index (χ1n) is 5.04. The summed E-state index contributed by atoms with van der Waals surface area (Å²) in [7, 11) is 0. The van der Waals surface area contributed by atoms with E-state index in [-0.39, 0.29) is 0 Å². The average Bonchev–Trinajstić information content (AvgIpc) is 2.70. The minimum absolute atomic E-state index is 0.752. The predicted octanol–water partition coefficient (Wildman–Crippen LogP) is 1.55. The lowest BCUT2D eigenvalue weighted by Gasteiger charge is -2.20. The number of benzene rings is 1. The van der Waals surface area contributed by atoms with E-state index in [1.807, 2.05) is 37.0 Å². The maximum absolute atomic E-state index is 5.76. The molecule has 6 heteroatoms. The van der Waals surface area contributed by atoms with Gasteiger partial charge in [0, 0.05) is 13.2 Å². The predicted molar refractivity (Wildman–Crippen MR) is 70.7 cm³/mol. The maximum Gasteiger partial charge on any atom is 0.201 e. The van der Waals surface area contributed by atoms with Gasteiger partial charge in [-0.3, -0.25) is 10.1 Å². The molecule has 0 spiro atoms. The van der Waals surface area contributed by atoms with Gasteiger partial charge in [-0.25, -0.2) is 0 Å². The molecule has 0 amide bonds. The molecular formula is C10H14N3OPS. The molecule has 1 heterocycles. The molecule has 86 valence electrons. The van der Waals surface area contributed by atoms with E-state index in [0.29, 0.717) is 0 Å². The van der Waals surface area contributed by atoms with Gasteiger partial charge in [0.1, 0.15) is 5.75 Å². The van der Waals surface area contributed by atoms with Crippen molar-refractivity contribution in [3.63, 3.8) is 0 Å². The fourth-order valence-corrected chi connectivity index (χ4v) is 2.99. The lowest BCUT2D eigenvalue weighted by Crippen LogP contribution is -2.32. The summed E-state index contributed by atoms with van der Waals surface area (Å²) >= 11 is 5.42. The third-order valence-corrected chi connectivity index (χ3v) is 3.68. The van der Waals surface area contributed by atoms with Crippen molar-refractivity contribution in [2.45, 2.75) is 0 Å². The Bertz CT molecular complexity index is 435. The monoisotopic (exact) mass is 255 g/mol. The van der Waals surface area contributed by atoms with Crippen LogP contribution in [0.5, 0.6) is 5.75 Å². The second kappa shape index (κ2) is 4.85. The van der Waals surface area contributed by atoms with E-state index in [0.717, 1.165) is 24.8 Å². The fraction of sp³-hybridized carbons (Fsp3) is 0.300. The topological polar surface area (TPSA) is 45.7 Å². The zero-order chi connectivity index (χ0) is 11.4. The standard InChI is InChI=1S/C10H14N3OPS/c1-15(16,13-10-11-7-8-12-10)14-9-5-3-2-4-6-9/h2-6H,7-8H2,1H3,(H2,11,12,13,16). The Morgan fingerprint density at radius 2 is 2.19 bits per heavy atom. The number of para-hydroxylation sites is 1. The Balaban J connectivity index is 2.00. The summed E-state index contributed by atoms with van der Waals surface area (Å²) in [4.78, 5) is 4.24. The van der Waals surface area contributed by atoms with Crippen molar-refractivity contribution in [3.05, 3.63) is 30.3 Å². The highest BCUT2D eigenvalue weighted by Gasteiger charge is 2.16. The van der Waals surface area contributed by atoms with Gasteiger partial charge in [-0.2, -0.15) is 0 Å². The molecule has 2 rings (SSSR count). The average molecular weight is 255 g/mol. The number of aliphatic imine (C=N–C) groups is 1. The van der Waals surface area contributed by atoms with Crippen LogP contribution in [-0.2, 0) is 11.8 Å². The molecule has 16 heavy (non-hydrogen) atoms. The summed E-state index contributed by atoms with van der Waals surface area (Å²) in [5, 5.41) is 6.26. The lowest BCUT2D eigenvalue weighted by molar-refractivity contribution is 0.611. The third-order valence-electron chi connectivity index (χ3n) is 2.01. The van der Waals surface area contributed by atoms with Gasteiger partial charge in [0.2, 0.25) is 6.42 Å². The summed E-state index contributed by atoms with van der Waals surface area (Å²) in [6.45, 7) is 3.56. The molecule has 2 N–H and O–H groups in total. The van der Waals surface area contributed by atoms with Gasteiger partial charge in [0.05, 0.1) is 6.54 Å². The summed E-state index contributed by atoms with van der Waals surface area (Å²) in [6.07, 6.45) is -2.07. The van der Waals surface area contributed by atoms with Crippen molar-refractivity contribution in [3.8, 4) is 5.75 Å². The van der Waals surface area contributed by atoms with E-state index in [2.05, 4.69) is 15.4 Å². The molecule has 0 radical (unpaired) electrons. The van der Waals surface area contributed by atoms with Crippen LogP contribution >= 0.6 is 6.42 Å². The molecule has 0 aliphatic carbocycles. The van der Waals surface area contributed by atoms with Gasteiger partial charge >= 0.3 is 0 Å². The zero-order valence-electron chi connectivity index (χ0n) is 9.01. The SMILES string of the molecule is CP(=S)(NC1=NCCN1)Oc1ccccc1. The Hall–Kier alpha value is -1.06. The first kappa shape index (κ1) is 11.4. The number of nitrogens with one attached hydrogen (secondary N) is 2. The second-order valence-corrected chi connectivity index (χ2v) is 7.71. The molecule has 1 aliphatic rings. The van der Waals surface area contributed by atoms with E-state index < -0.39 is 6.42 Å². The smallest absolute Gasteiger partial charge is 0.201 e. The number of hydrogen-bond donors (Lipinski definition) is 2. The normalized spacial score (nSPS) is 18.2. The van der Waals surface area contributed by atoms with Crippen LogP contribution in [0.15, 0.2) is 35.3 Å². The Morgan fingerprint density at radius 3 is 2.81 bits per heavy atom. The molecule has 1 aromatic rings. The van der Waals surface area contributed by atoms with E-state index in [1.54, 1.807) is 0 Å². The summed E-state index contributed by atoms with van der Waals surface area (Å²) < 4.78 is 5.76. The van der Waals surface area contributed by atoms with Crippen LogP contribution in [0.3, 0.4) is 0 Å². The Morgan fingerprint density at radius 1 is 1.44 bits per heavy atom. The molecule has 1 aliphatic heterocycles. The van der Waals surface area contributed by atoms with Gasteiger partial charge in [0.25, 0.3) is 0 Å². The zero-order valence-corrected chi connectivity index (χ0v) is 10.7. The van der Waals surface area contributed by atoms with Crippen LogP contribution < -0.4 is 14.9 Å². The van der Waals surface area contributed by atoms with Crippen molar-refractivity contribution in [2.75, 3.05) is 19.8 Å². The molecule has 0 fully saturated rings. The van der Waals surface area contributed by atoms with E-state index >= 15 is 0 Å². The van der Waals surface area contributed by atoms with E-state index in [9.17, 15) is 0 Å². The van der Waals surface area contributed by atoms with Crippen molar-refractivity contribution in [1.82, 2.24) is 10.4 Å². The van der Waals surface area contributed by atoms with Gasteiger partial charge in [-0.1, -0.05) is 18.2 Å². The molecule has 0 bridgehead atoms. The highest BCUT2D eigenvalue weighted by molar-refractivity contribution is 8.11. The molecule has 0 aromatic heterocycles. The molecule has 0 saturated heterocycles. The van der Waals surface area contributed by atoms with Crippen molar-refractivity contribution < 1.29 is 4.52 Å². The Labute approximate surface area is 100 Å². The van der Waals surface area contributed by atoms with Crippen molar-refractivity contribution in [1.29, 1.82) is 0 Å². The molecule has 1 atom stereocenters. The fourth-order valence-electron chi connectivity index (χ4n) is 1.37. The highest BCUT2D eigenvalue weighted by atomic mass is 32.4. The van der Waals surface area contributed by atoms with Crippen LogP contribution in [0.25, 0.3) is 0 Å². The van der Waals surface area contributed by atoms with Crippen LogP contribution in [0, 0.1) is 0 Å². The number of rotatable bonds is 3. The summed E-state index contributed by atoms with van der Waals surface area (Å²) in [6, 6.07) is 9.60. The lowest BCUT2D eigenvalue weighted by atomic mass is 10.3. The summed E-state index contributed by atoms with van der Waals surface area (Å²) in [5.74, 6) is 1.54. The molecule has 4 nitrogen and oxygen atoms in total. The van der Waals surface area contributed by atoms with Crippen LogP contribution in [0.4, 0.5) is 0 Å². The van der Waals surface area contributed by atoms with Crippen molar-refractivity contribution in [2.24, 2.45) is 4.99 Å². The van der Waals surface area contributed by atoms with E-state index in [1.165, 1.54) is 0 Å². The number of nitrogens with zero attached hydrogens (tertiary/aromatic N) is 1. The third kappa shape index (κ3) is 3.22. The van der Waals surface area contributed by atoms with Gasteiger partial charge in [-0.15, -0.1) is 0 Å². The number of guanidine groups is 1. The van der Waals surface area contributed by atoms with Crippen molar-refractivity contribution >= 4 is 24.2 Å². The molecule has 0 saturated carbocycles. The molecular weight excluding hydrogens is 241 g/mol.